The third kappa shape index (κ3) is 4.36. The number of amides is 2. The van der Waals surface area contributed by atoms with Crippen LogP contribution >= 0.6 is 11.3 Å². The van der Waals surface area contributed by atoms with Gasteiger partial charge in [0.2, 0.25) is 16.8 Å². The summed E-state index contributed by atoms with van der Waals surface area (Å²) in [6, 6.07) is 7.78. The zero-order valence-electron chi connectivity index (χ0n) is 17.6. The van der Waals surface area contributed by atoms with E-state index in [0.29, 0.717) is 69.8 Å². The molecule has 0 radical (unpaired) electrons. The molecule has 11 heteroatoms. The number of morpholine rings is 2. The maximum atomic E-state index is 12.8. The van der Waals surface area contributed by atoms with Crippen molar-refractivity contribution in [3.8, 4) is 10.6 Å². The van der Waals surface area contributed by atoms with Gasteiger partial charge < -0.3 is 19.3 Å². The van der Waals surface area contributed by atoms with Gasteiger partial charge in [-0.2, -0.15) is 9.61 Å². The Morgan fingerprint density at radius 2 is 1.50 bits per heavy atom. The van der Waals surface area contributed by atoms with Gasteiger partial charge in [-0.05, 0) is 5.56 Å². The van der Waals surface area contributed by atoms with E-state index in [-0.39, 0.29) is 18.2 Å². The lowest BCUT2D eigenvalue weighted by atomic mass is 10.0. The highest BCUT2D eigenvalue weighted by molar-refractivity contribution is 7.19. The van der Waals surface area contributed by atoms with Crippen LogP contribution in [0, 0.1) is 0 Å². The normalized spacial score (nSPS) is 17.1. The molecule has 2 aliphatic heterocycles. The number of carbonyl (C=O) groups is 2. The van der Waals surface area contributed by atoms with Crippen molar-refractivity contribution in [2.24, 2.45) is 0 Å². The van der Waals surface area contributed by atoms with E-state index in [1.165, 1.54) is 11.3 Å². The van der Waals surface area contributed by atoms with Crippen LogP contribution in [-0.4, -0.2) is 94.0 Å². The summed E-state index contributed by atoms with van der Waals surface area (Å²) < 4.78 is 12.3. The third-order valence-corrected chi connectivity index (χ3v) is 6.61. The quantitative estimate of drug-likeness (QED) is 0.556. The molecule has 2 aromatic heterocycles. The predicted octanol–water partition coefficient (Wildman–Crippen LogP) is 0.655. The van der Waals surface area contributed by atoms with Gasteiger partial charge >= 0.3 is 0 Å². The Bertz CT molecular complexity index is 1120. The van der Waals surface area contributed by atoms with Crippen LogP contribution in [0.2, 0.25) is 0 Å². The van der Waals surface area contributed by atoms with Gasteiger partial charge in [0.15, 0.2) is 5.82 Å². The molecule has 168 valence electrons. The lowest BCUT2D eigenvalue weighted by molar-refractivity contribution is -0.135. The number of fused-ring (bicyclic) bond motifs is 1. The molecule has 0 spiro atoms. The third-order valence-electron chi connectivity index (χ3n) is 5.68. The maximum absolute atomic E-state index is 12.8. The second kappa shape index (κ2) is 9.31. The van der Waals surface area contributed by atoms with Crippen molar-refractivity contribution in [1.29, 1.82) is 0 Å². The number of rotatable bonds is 5. The van der Waals surface area contributed by atoms with E-state index < -0.39 is 0 Å². The molecular weight excluding hydrogens is 432 g/mol. The van der Waals surface area contributed by atoms with Crippen molar-refractivity contribution in [2.45, 2.75) is 12.8 Å². The van der Waals surface area contributed by atoms with Crippen molar-refractivity contribution in [3.05, 3.63) is 35.7 Å². The van der Waals surface area contributed by atoms with E-state index in [1.54, 1.807) is 9.42 Å². The van der Waals surface area contributed by atoms with E-state index in [9.17, 15) is 9.59 Å². The predicted molar refractivity (Wildman–Crippen MR) is 116 cm³/mol. The number of hydrogen-bond donors (Lipinski definition) is 0. The number of aromatic nitrogens is 4. The molecule has 0 bridgehead atoms. The Morgan fingerprint density at radius 1 is 0.875 bits per heavy atom. The minimum absolute atomic E-state index is 0.00587. The summed E-state index contributed by atoms with van der Waals surface area (Å²) in [7, 11) is 0. The van der Waals surface area contributed by atoms with E-state index in [4.69, 9.17) is 14.6 Å². The van der Waals surface area contributed by atoms with E-state index >= 15 is 0 Å². The van der Waals surface area contributed by atoms with Crippen LogP contribution in [0.5, 0.6) is 0 Å². The highest BCUT2D eigenvalue weighted by Crippen LogP contribution is 2.29. The zero-order chi connectivity index (χ0) is 21.9. The monoisotopic (exact) mass is 456 g/mol. The van der Waals surface area contributed by atoms with Crippen molar-refractivity contribution < 1.29 is 19.1 Å². The molecule has 32 heavy (non-hydrogen) atoms. The minimum Gasteiger partial charge on any atom is -0.378 e. The smallest absolute Gasteiger partial charge is 0.234 e. The maximum Gasteiger partial charge on any atom is 0.234 e. The summed E-state index contributed by atoms with van der Waals surface area (Å²) in [4.78, 5) is 29.6. The highest BCUT2D eigenvalue weighted by Gasteiger charge is 2.23. The molecule has 2 amide bonds. The molecule has 2 aliphatic rings. The first-order chi connectivity index (χ1) is 15.7. The molecule has 1 aromatic carbocycles. The first kappa shape index (κ1) is 21.0. The molecule has 0 unspecified atom stereocenters. The molecule has 0 atom stereocenters. The topological polar surface area (TPSA) is 102 Å². The van der Waals surface area contributed by atoms with Gasteiger partial charge in [-0.25, -0.2) is 0 Å². The van der Waals surface area contributed by atoms with Gasteiger partial charge in [0.25, 0.3) is 0 Å². The zero-order valence-corrected chi connectivity index (χ0v) is 18.4. The van der Waals surface area contributed by atoms with Crippen LogP contribution in [0.4, 0.5) is 0 Å². The van der Waals surface area contributed by atoms with Crippen LogP contribution in [0.25, 0.3) is 15.5 Å². The van der Waals surface area contributed by atoms with Gasteiger partial charge in [-0.1, -0.05) is 35.6 Å². The SMILES string of the molecule is O=C(Cc1ccccc1-c1nn2c(CC(=O)N3CCOCC3)nnc2s1)N1CCOCC1. The fourth-order valence-corrected chi connectivity index (χ4v) is 4.83. The molecule has 3 aromatic rings. The first-order valence-electron chi connectivity index (χ1n) is 10.7. The number of ether oxygens (including phenoxy) is 2. The summed E-state index contributed by atoms with van der Waals surface area (Å²) in [6.07, 6.45) is 0.445. The minimum atomic E-state index is -0.00587. The molecule has 4 heterocycles. The number of carbonyl (C=O) groups excluding carboxylic acids is 2. The van der Waals surface area contributed by atoms with Crippen molar-refractivity contribution in [3.63, 3.8) is 0 Å². The molecule has 10 nitrogen and oxygen atoms in total. The van der Waals surface area contributed by atoms with Gasteiger partial charge in [0.05, 0.1) is 39.3 Å². The fraction of sp³-hybridized carbons (Fsp3) is 0.476. The second-order valence-electron chi connectivity index (χ2n) is 7.71. The van der Waals surface area contributed by atoms with Gasteiger partial charge in [0.1, 0.15) is 5.01 Å². The molecular formula is C21H24N6O4S. The summed E-state index contributed by atoms with van der Waals surface area (Å²) in [6.45, 7) is 4.70. The van der Waals surface area contributed by atoms with Crippen molar-refractivity contribution >= 4 is 28.1 Å². The Morgan fingerprint density at radius 3 is 2.19 bits per heavy atom. The van der Waals surface area contributed by atoms with Crippen molar-refractivity contribution in [2.75, 3.05) is 52.6 Å². The largest absolute Gasteiger partial charge is 0.378 e. The van der Waals surface area contributed by atoms with Crippen LogP contribution < -0.4 is 0 Å². The average Bonchev–Trinajstić information content (AvgIpc) is 3.42. The Kier molecular flexibility index (Phi) is 6.10. The molecule has 0 N–H and O–H groups in total. The molecule has 0 saturated carbocycles. The number of benzene rings is 1. The fourth-order valence-electron chi connectivity index (χ4n) is 3.91. The Labute approximate surface area is 188 Å². The summed E-state index contributed by atoms with van der Waals surface area (Å²) in [5.41, 5.74) is 1.81. The van der Waals surface area contributed by atoms with E-state index in [2.05, 4.69) is 10.2 Å². The average molecular weight is 457 g/mol. The van der Waals surface area contributed by atoms with Crippen molar-refractivity contribution in [1.82, 2.24) is 29.6 Å². The lowest BCUT2D eigenvalue weighted by Crippen LogP contribution is -2.41. The second-order valence-corrected chi connectivity index (χ2v) is 8.67. The van der Waals surface area contributed by atoms with E-state index in [1.807, 2.05) is 29.2 Å². The number of nitrogens with zero attached hydrogens (tertiary/aromatic N) is 6. The highest BCUT2D eigenvalue weighted by atomic mass is 32.1. The lowest BCUT2D eigenvalue weighted by Gasteiger charge is -2.27. The standard InChI is InChI=1S/C21H24N6O4S/c28-18(25-5-9-30-10-6-25)13-15-3-1-2-4-16(15)20-24-27-17(22-23-21(27)32-20)14-19(29)26-7-11-31-12-8-26/h1-4H,5-14H2. The summed E-state index contributed by atoms with van der Waals surface area (Å²) in [5, 5.41) is 13.8. The van der Waals surface area contributed by atoms with Gasteiger partial charge in [-0.3, -0.25) is 9.59 Å². The molecule has 0 aliphatic carbocycles. The Hall–Kier alpha value is -2.89. The summed E-state index contributed by atoms with van der Waals surface area (Å²) >= 11 is 1.40. The van der Waals surface area contributed by atoms with Gasteiger partial charge in [-0.15, -0.1) is 10.2 Å². The number of hydrogen-bond acceptors (Lipinski definition) is 8. The molecule has 2 fully saturated rings. The van der Waals surface area contributed by atoms with Crippen LogP contribution in [0.3, 0.4) is 0 Å². The van der Waals surface area contributed by atoms with Crippen LogP contribution in [0.1, 0.15) is 11.4 Å². The van der Waals surface area contributed by atoms with Crippen LogP contribution in [0.15, 0.2) is 24.3 Å². The molecule has 5 rings (SSSR count). The Balaban J connectivity index is 1.36. The van der Waals surface area contributed by atoms with Gasteiger partial charge in [0, 0.05) is 31.7 Å². The van der Waals surface area contributed by atoms with E-state index in [0.717, 1.165) is 16.1 Å². The first-order valence-corrected chi connectivity index (χ1v) is 11.5. The van der Waals surface area contributed by atoms with Crippen LogP contribution in [-0.2, 0) is 31.9 Å². The molecule has 2 saturated heterocycles. The summed E-state index contributed by atoms with van der Waals surface area (Å²) in [5.74, 6) is 0.593.